The molecule has 0 aliphatic carbocycles. The summed E-state index contributed by atoms with van der Waals surface area (Å²) in [5.41, 5.74) is 2.18. The van der Waals surface area contributed by atoms with Gasteiger partial charge in [-0.3, -0.25) is 9.59 Å². The SMILES string of the molecule is CC(=O)Oc1ccc2c3c([nH]c2c1)[C@H](CO)N(C(C)=O)CC31CCN(C(=O)Nc2ccccc2F)CC1. The van der Waals surface area contributed by atoms with E-state index in [4.69, 9.17) is 4.74 Å². The minimum Gasteiger partial charge on any atom is -0.427 e. The second-order valence-corrected chi connectivity index (χ2v) is 9.74. The van der Waals surface area contributed by atoms with Crippen LogP contribution in [0.5, 0.6) is 5.75 Å². The molecule has 3 aromatic rings. The molecule has 9 nitrogen and oxygen atoms in total. The number of esters is 1. The van der Waals surface area contributed by atoms with Crippen LogP contribution in [-0.4, -0.2) is 64.0 Å². The number of benzene rings is 2. The van der Waals surface area contributed by atoms with Crippen molar-refractivity contribution in [1.82, 2.24) is 14.8 Å². The molecule has 3 heterocycles. The molecule has 1 atom stereocenters. The fourth-order valence-corrected chi connectivity index (χ4v) is 5.74. The molecule has 37 heavy (non-hydrogen) atoms. The summed E-state index contributed by atoms with van der Waals surface area (Å²) in [6.45, 7) is 3.80. The molecule has 2 aliphatic heterocycles. The maximum atomic E-state index is 14.0. The first-order chi connectivity index (χ1) is 17.7. The molecule has 1 fully saturated rings. The molecule has 0 saturated carbocycles. The van der Waals surface area contributed by atoms with Gasteiger partial charge in [0, 0.05) is 61.6 Å². The van der Waals surface area contributed by atoms with E-state index in [1.807, 2.05) is 6.07 Å². The Bertz CT molecular complexity index is 1380. The number of ether oxygens (including phenoxy) is 1. The number of nitrogens with zero attached hydrogens (tertiary/aromatic N) is 2. The zero-order chi connectivity index (χ0) is 26.3. The number of aliphatic hydroxyl groups excluding tert-OH is 1. The van der Waals surface area contributed by atoms with Gasteiger partial charge in [-0.25, -0.2) is 9.18 Å². The Morgan fingerprint density at radius 3 is 2.54 bits per heavy atom. The number of urea groups is 1. The Labute approximate surface area is 213 Å². The predicted octanol–water partition coefficient (Wildman–Crippen LogP) is 3.69. The van der Waals surface area contributed by atoms with Gasteiger partial charge in [0.05, 0.1) is 18.3 Å². The van der Waals surface area contributed by atoms with Gasteiger partial charge in [0.25, 0.3) is 0 Å². The quantitative estimate of drug-likeness (QED) is 0.369. The second-order valence-electron chi connectivity index (χ2n) is 9.74. The fraction of sp³-hybridized carbons (Fsp3) is 0.370. The van der Waals surface area contributed by atoms with Crippen LogP contribution in [0.2, 0.25) is 0 Å². The number of piperidine rings is 1. The molecule has 1 saturated heterocycles. The summed E-state index contributed by atoms with van der Waals surface area (Å²) in [6.07, 6.45) is 1.15. The monoisotopic (exact) mass is 508 g/mol. The van der Waals surface area contributed by atoms with Crippen LogP contribution in [0, 0.1) is 5.82 Å². The molecule has 194 valence electrons. The maximum Gasteiger partial charge on any atom is 0.321 e. The number of amides is 3. The van der Waals surface area contributed by atoms with E-state index in [1.165, 1.54) is 26.0 Å². The van der Waals surface area contributed by atoms with Crippen LogP contribution in [0.1, 0.15) is 44.0 Å². The summed E-state index contributed by atoms with van der Waals surface area (Å²) in [6, 6.07) is 10.5. The number of rotatable bonds is 3. The minimum absolute atomic E-state index is 0.126. The van der Waals surface area contributed by atoms with Gasteiger partial charge in [-0.05, 0) is 42.7 Å². The third kappa shape index (κ3) is 4.42. The summed E-state index contributed by atoms with van der Waals surface area (Å²) in [4.78, 5) is 43.7. The standard InChI is InChI=1S/C27H29FN4O5/c1-16(34)32-15-27(9-11-31(12-10-27)26(36)30-21-6-4-3-5-20(21)28)24-19-8-7-18(37-17(2)35)13-22(19)29-25(24)23(32)14-33/h3-8,13,23,29,33H,9-12,14-15H2,1-2H3,(H,30,36)/t23-/m0/s1. The van der Waals surface area contributed by atoms with Crippen molar-refractivity contribution >= 4 is 34.5 Å². The van der Waals surface area contributed by atoms with Crippen LogP contribution in [0.25, 0.3) is 10.9 Å². The lowest BCUT2D eigenvalue weighted by atomic mass is 9.68. The van der Waals surface area contributed by atoms with Crippen molar-refractivity contribution in [1.29, 1.82) is 0 Å². The number of aliphatic hydroxyl groups is 1. The number of nitrogens with one attached hydrogen (secondary N) is 2. The summed E-state index contributed by atoms with van der Waals surface area (Å²) in [5, 5.41) is 13.8. The zero-order valence-corrected chi connectivity index (χ0v) is 20.7. The molecule has 0 radical (unpaired) electrons. The first kappa shape index (κ1) is 24.8. The largest absolute Gasteiger partial charge is 0.427 e. The Balaban J connectivity index is 1.48. The Kier molecular flexibility index (Phi) is 6.36. The number of carbonyl (C=O) groups is 3. The molecule has 3 N–H and O–H groups in total. The summed E-state index contributed by atoms with van der Waals surface area (Å²) >= 11 is 0. The highest BCUT2D eigenvalue weighted by Crippen LogP contribution is 2.49. The molecule has 0 bridgehead atoms. The van der Waals surface area contributed by atoms with Gasteiger partial charge in [-0.1, -0.05) is 12.1 Å². The van der Waals surface area contributed by atoms with Gasteiger partial charge in [0.15, 0.2) is 0 Å². The second kappa shape index (κ2) is 9.51. The van der Waals surface area contributed by atoms with Gasteiger partial charge in [0.2, 0.25) is 5.91 Å². The van der Waals surface area contributed by atoms with Gasteiger partial charge >= 0.3 is 12.0 Å². The van der Waals surface area contributed by atoms with Crippen LogP contribution in [0.15, 0.2) is 42.5 Å². The van der Waals surface area contributed by atoms with Crippen molar-refractivity contribution in [2.24, 2.45) is 0 Å². The number of aromatic nitrogens is 1. The van der Waals surface area contributed by atoms with E-state index in [0.717, 1.165) is 22.2 Å². The molecular formula is C27H29FN4O5. The van der Waals surface area contributed by atoms with Crippen molar-refractivity contribution in [3.8, 4) is 5.75 Å². The third-order valence-electron chi connectivity index (χ3n) is 7.47. The number of para-hydroxylation sites is 1. The number of carbonyl (C=O) groups excluding carboxylic acids is 3. The molecule has 2 aliphatic rings. The van der Waals surface area contributed by atoms with Gasteiger partial charge in [-0.15, -0.1) is 0 Å². The van der Waals surface area contributed by atoms with Crippen molar-refractivity contribution in [2.45, 2.75) is 38.1 Å². The predicted molar refractivity (Wildman–Crippen MR) is 135 cm³/mol. The van der Waals surface area contributed by atoms with Crippen LogP contribution < -0.4 is 10.1 Å². The number of anilines is 1. The molecule has 3 amide bonds. The lowest BCUT2D eigenvalue weighted by Gasteiger charge is -2.50. The molecule has 1 aromatic heterocycles. The first-order valence-corrected chi connectivity index (χ1v) is 12.3. The summed E-state index contributed by atoms with van der Waals surface area (Å²) < 4.78 is 19.3. The normalized spacial score (nSPS) is 18.5. The van der Waals surface area contributed by atoms with Crippen molar-refractivity contribution in [3.63, 3.8) is 0 Å². The zero-order valence-electron chi connectivity index (χ0n) is 20.7. The van der Waals surface area contributed by atoms with Gasteiger partial charge in [-0.2, -0.15) is 0 Å². The van der Waals surface area contributed by atoms with Crippen LogP contribution in [0.3, 0.4) is 0 Å². The van der Waals surface area contributed by atoms with E-state index >= 15 is 0 Å². The smallest absolute Gasteiger partial charge is 0.321 e. The van der Waals surface area contributed by atoms with E-state index < -0.39 is 23.2 Å². The number of H-pyrrole nitrogens is 1. The summed E-state index contributed by atoms with van der Waals surface area (Å²) in [5.74, 6) is -0.677. The molecule has 2 aromatic carbocycles. The number of hydrogen-bond acceptors (Lipinski definition) is 5. The Hall–Kier alpha value is -3.92. The lowest BCUT2D eigenvalue weighted by Crippen LogP contribution is -2.55. The Morgan fingerprint density at radius 2 is 1.89 bits per heavy atom. The van der Waals surface area contributed by atoms with Crippen LogP contribution in [0.4, 0.5) is 14.9 Å². The lowest BCUT2D eigenvalue weighted by molar-refractivity contribution is -0.135. The molecular weight excluding hydrogens is 479 g/mol. The molecule has 5 rings (SSSR count). The maximum absolute atomic E-state index is 14.0. The van der Waals surface area contributed by atoms with Gasteiger partial charge < -0.3 is 29.9 Å². The average Bonchev–Trinajstić information content (AvgIpc) is 3.25. The molecule has 10 heteroatoms. The van der Waals surface area contributed by atoms with Crippen LogP contribution in [-0.2, 0) is 15.0 Å². The first-order valence-electron chi connectivity index (χ1n) is 12.3. The number of likely N-dealkylation sites (tertiary alicyclic amines) is 1. The Morgan fingerprint density at radius 1 is 1.16 bits per heavy atom. The van der Waals surface area contributed by atoms with Crippen LogP contribution >= 0.6 is 0 Å². The highest BCUT2D eigenvalue weighted by Gasteiger charge is 2.48. The number of fused-ring (bicyclic) bond motifs is 4. The number of aromatic amines is 1. The minimum atomic E-state index is -0.537. The van der Waals surface area contributed by atoms with Crippen molar-refractivity contribution in [3.05, 3.63) is 59.5 Å². The van der Waals surface area contributed by atoms with Crippen molar-refractivity contribution < 1.29 is 28.6 Å². The van der Waals surface area contributed by atoms with E-state index in [2.05, 4.69) is 10.3 Å². The van der Waals surface area contributed by atoms with Crippen molar-refractivity contribution in [2.75, 3.05) is 31.6 Å². The highest BCUT2D eigenvalue weighted by molar-refractivity contribution is 5.91. The fourth-order valence-electron chi connectivity index (χ4n) is 5.74. The van der Waals surface area contributed by atoms with E-state index in [9.17, 15) is 23.9 Å². The molecule has 1 spiro atoms. The summed E-state index contributed by atoms with van der Waals surface area (Å²) in [7, 11) is 0. The third-order valence-corrected chi connectivity index (χ3v) is 7.47. The average molecular weight is 509 g/mol. The number of halogens is 1. The van der Waals surface area contributed by atoms with E-state index in [-0.39, 0.29) is 24.2 Å². The van der Waals surface area contributed by atoms with E-state index in [0.29, 0.717) is 38.2 Å². The topological polar surface area (TPSA) is 115 Å². The number of hydrogen-bond donors (Lipinski definition) is 3. The highest BCUT2D eigenvalue weighted by atomic mass is 19.1. The molecule has 0 unspecified atom stereocenters. The van der Waals surface area contributed by atoms with E-state index in [1.54, 1.807) is 34.1 Å². The van der Waals surface area contributed by atoms with Gasteiger partial charge in [0.1, 0.15) is 11.6 Å².